The molecule has 6 nitrogen and oxygen atoms in total. The molecule has 2 saturated heterocycles. The Balaban J connectivity index is 1.65. The van der Waals surface area contributed by atoms with Gasteiger partial charge in [-0.1, -0.05) is 35.5 Å². The number of hydrogen-bond donors (Lipinski definition) is 1. The van der Waals surface area contributed by atoms with Crippen molar-refractivity contribution in [1.29, 1.82) is 0 Å². The highest BCUT2D eigenvalue weighted by Gasteiger charge is 2.45. The summed E-state index contributed by atoms with van der Waals surface area (Å²) < 4.78 is 0. The molecule has 2 aliphatic rings. The van der Waals surface area contributed by atoms with Gasteiger partial charge in [0.25, 0.3) is 0 Å². The lowest BCUT2D eigenvalue weighted by molar-refractivity contribution is -0.140. The lowest BCUT2D eigenvalue weighted by Crippen LogP contribution is -2.40. The maximum absolute atomic E-state index is 12.3. The number of urea groups is 1. The maximum Gasteiger partial charge on any atom is 0.344 e. The largest absolute Gasteiger partial charge is 0.411 e. The average molecular weight is 275 g/mol. The lowest BCUT2D eigenvalue weighted by Gasteiger charge is -2.26. The second-order valence-corrected chi connectivity index (χ2v) is 5.08. The number of hydrogen-bond acceptors (Lipinski definition) is 4. The SMILES string of the molecule is O=C1N2C[C@@H](CC[C@H]2C=NO)N1OCc1ccccc1. The quantitative estimate of drug-likeness (QED) is 0.518. The summed E-state index contributed by atoms with van der Waals surface area (Å²) in [5, 5.41) is 13.2. The van der Waals surface area contributed by atoms with Gasteiger partial charge in [0.1, 0.15) is 6.61 Å². The van der Waals surface area contributed by atoms with Crippen molar-refractivity contribution in [1.82, 2.24) is 9.96 Å². The van der Waals surface area contributed by atoms with E-state index in [2.05, 4.69) is 5.16 Å². The number of hydroxylamine groups is 2. The van der Waals surface area contributed by atoms with Crippen molar-refractivity contribution in [2.45, 2.75) is 31.5 Å². The summed E-state index contributed by atoms with van der Waals surface area (Å²) in [5.41, 5.74) is 1.03. The van der Waals surface area contributed by atoms with Crippen LogP contribution in [0.25, 0.3) is 0 Å². The molecule has 0 unspecified atom stereocenters. The van der Waals surface area contributed by atoms with E-state index in [0.717, 1.165) is 18.4 Å². The van der Waals surface area contributed by atoms with Crippen molar-refractivity contribution in [2.24, 2.45) is 5.16 Å². The number of piperidine rings is 1. The first kappa shape index (κ1) is 12.9. The molecule has 0 spiro atoms. The van der Waals surface area contributed by atoms with E-state index in [1.54, 1.807) is 4.90 Å². The second kappa shape index (κ2) is 5.50. The van der Waals surface area contributed by atoms with Gasteiger partial charge in [0.05, 0.1) is 18.3 Å². The molecule has 1 N–H and O–H groups in total. The molecule has 0 aliphatic carbocycles. The number of oxime groups is 1. The molecule has 0 radical (unpaired) electrons. The van der Waals surface area contributed by atoms with E-state index in [0.29, 0.717) is 13.2 Å². The highest BCUT2D eigenvalue weighted by atomic mass is 16.7. The van der Waals surface area contributed by atoms with Gasteiger partial charge in [-0.2, -0.15) is 5.06 Å². The number of carbonyl (C=O) groups excluding carboxylic acids is 1. The van der Waals surface area contributed by atoms with Crippen molar-refractivity contribution in [3.63, 3.8) is 0 Å². The predicted octanol–water partition coefficient (Wildman–Crippen LogP) is 1.85. The number of benzene rings is 1. The topological polar surface area (TPSA) is 65.4 Å². The first-order valence-electron chi connectivity index (χ1n) is 6.74. The van der Waals surface area contributed by atoms with Crippen molar-refractivity contribution in [2.75, 3.05) is 6.54 Å². The third kappa shape index (κ3) is 2.34. The standard InChI is InChI=1S/C14H17N3O3/c18-14-16-9-13(7-6-12(16)8-15-19)17(14)20-10-11-4-2-1-3-5-11/h1-5,8,12-13,19H,6-7,9-10H2/t12-,13+/m0/s1. The molecular formula is C14H17N3O3. The number of rotatable bonds is 4. The Kier molecular flexibility index (Phi) is 3.56. The van der Waals surface area contributed by atoms with Gasteiger partial charge in [0.15, 0.2) is 0 Å². The minimum Gasteiger partial charge on any atom is -0.411 e. The van der Waals surface area contributed by atoms with Gasteiger partial charge in [-0.3, -0.25) is 4.84 Å². The Bertz CT molecular complexity index is 506. The van der Waals surface area contributed by atoms with E-state index in [9.17, 15) is 4.79 Å². The molecule has 0 saturated carbocycles. The van der Waals surface area contributed by atoms with Crippen LogP contribution < -0.4 is 0 Å². The highest BCUT2D eigenvalue weighted by Crippen LogP contribution is 2.29. The van der Waals surface area contributed by atoms with Gasteiger partial charge in [0, 0.05) is 6.54 Å². The monoisotopic (exact) mass is 275 g/mol. The fraction of sp³-hybridized carbons (Fsp3) is 0.429. The molecule has 6 heteroatoms. The molecule has 2 bridgehead atoms. The van der Waals surface area contributed by atoms with Crippen LogP contribution in [0.15, 0.2) is 35.5 Å². The van der Waals surface area contributed by atoms with Crippen LogP contribution >= 0.6 is 0 Å². The summed E-state index contributed by atoms with van der Waals surface area (Å²) >= 11 is 0. The van der Waals surface area contributed by atoms with Gasteiger partial charge in [-0.25, -0.2) is 4.79 Å². The van der Waals surface area contributed by atoms with E-state index in [-0.39, 0.29) is 18.1 Å². The van der Waals surface area contributed by atoms with Crippen molar-refractivity contribution in [3.8, 4) is 0 Å². The molecular weight excluding hydrogens is 258 g/mol. The molecule has 2 fully saturated rings. The van der Waals surface area contributed by atoms with Crippen molar-refractivity contribution < 1.29 is 14.8 Å². The summed E-state index contributed by atoms with van der Waals surface area (Å²) in [5.74, 6) is 0. The van der Waals surface area contributed by atoms with E-state index >= 15 is 0 Å². The van der Waals surface area contributed by atoms with Crippen molar-refractivity contribution in [3.05, 3.63) is 35.9 Å². The van der Waals surface area contributed by atoms with E-state index < -0.39 is 0 Å². The zero-order valence-electron chi connectivity index (χ0n) is 11.1. The van der Waals surface area contributed by atoms with Crippen LogP contribution in [-0.2, 0) is 11.4 Å². The number of nitrogens with zero attached hydrogens (tertiary/aromatic N) is 3. The Morgan fingerprint density at radius 1 is 1.35 bits per heavy atom. The average Bonchev–Trinajstić information content (AvgIpc) is 2.73. The van der Waals surface area contributed by atoms with Gasteiger partial charge in [-0.05, 0) is 18.4 Å². The van der Waals surface area contributed by atoms with Crippen LogP contribution in [-0.4, -0.2) is 46.0 Å². The van der Waals surface area contributed by atoms with Gasteiger partial charge in [0.2, 0.25) is 0 Å². The third-order valence-electron chi connectivity index (χ3n) is 3.82. The van der Waals surface area contributed by atoms with Crippen LogP contribution in [0.1, 0.15) is 18.4 Å². The Hall–Kier alpha value is -2.08. The van der Waals surface area contributed by atoms with Gasteiger partial charge < -0.3 is 10.1 Å². The second-order valence-electron chi connectivity index (χ2n) is 5.08. The molecule has 20 heavy (non-hydrogen) atoms. The summed E-state index contributed by atoms with van der Waals surface area (Å²) in [4.78, 5) is 19.6. The molecule has 0 aromatic heterocycles. The normalized spacial score (nSPS) is 25.7. The van der Waals surface area contributed by atoms with Crippen LogP contribution in [0.5, 0.6) is 0 Å². The van der Waals surface area contributed by atoms with Gasteiger partial charge >= 0.3 is 6.03 Å². The molecule has 3 rings (SSSR count). The summed E-state index contributed by atoms with van der Waals surface area (Å²) in [6, 6.07) is 9.59. The number of fused-ring (bicyclic) bond motifs is 2. The van der Waals surface area contributed by atoms with E-state index in [1.165, 1.54) is 11.3 Å². The molecule has 1 aromatic carbocycles. The summed E-state index contributed by atoms with van der Waals surface area (Å²) in [6.07, 6.45) is 3.06. The first-order valence-corrected chi connectivity index (χ1v) is 6.74. The zero-order chi connectivity index (χ0) is 13.9. The zero-order valence-corrected chi connectivity index (χ0v) is 11.1. The molecule has 2 amide bonds. The highest BCUT2D eigenvalue weighted by molar-refractivity contribution is 5.81. The molecule has 1 aromatic rings. The van der Waals surface area contributed by atoms with Crippen LogP contribution in [0.2, 0.25) is 0 Å². The predicted molar refractivity (Wildman–Crippen MR) is 72.3 cm³/mol. The minimum atomic E-state index is -0.145. The first-order chi connectivity index (χ1) is 9.79. The Morgan fingerprint density at radius 2 is 2.15 bits per heavy atom. The van der Waals surface area contributed by atoms with E-state index in [4.69, 9.17) is 10.0 Å². The summed E-state index contributed by atoms with van der Waals surface area (Å²) in [7, 11) is 0. The lowest BCUT2D eigenvalue weighted by atomic mass is 10.0. The van der Waals surface area contributed by atoms with Crippen LogP contribution in [0, 0.1) is 0 Å². The van der Waals surface area contributed by atoms with E-state index in [1.807, 2.05) is 30.3 Å². The smallest absolute Gasteiger partial charge is 0.344 e. The molecule has 106 valence electrons. The van der Waals surface area contributed by atoms with Gasteiger partial charge in [-0.15, -0.1) is 0 Å². The molecule has 2 heterocycles. The Morgan fingerprint density at radius 3 is 2.90 bits per heavy atom. The maximum atomic E-state index is 12.3. The fourth-order valence-electron chi connectivity index (χ4n) is 2.78. The number of carbonyl (C=O) groups is 1. The Labute approximate surface area is 117 Å². The fourth-order valence-corrected chi connectivity index (χ4v) is 2.78. The number of amides is 2. The van der Waals surface area contributed by atoms with Crippen LogP contribution in [0.4, 0.5) is 4.79 Å². The summed E-state index contributed by atoms with van der Waals surface area (Å²) in [6.45, 7) is 1.01. The van der Waals surface area contributed by atoms with Crippen LogP contribution in [0.3, 0.4) is 0 Å². The molecule has 2 atom stereocenters. The third-order valence-corrected chi connectivity index (χ3v) is 3.82. The van der Waals surface area contributed by atoms with Crippen molar-refractivity contribution >= 4 is 12.2 Å². The minimum absolute atomic E-state index is 0.0922. The molecule has 2 aliphatic heterocycles.